The van der Waals surface area contributed by atoms with Crippen molar-refractivity contribution in [2.75, 3.05) is 0 Å². The number of hydrogen-bond acceptors (Lipinski definition) is 3. The molecule has 1 aromatic heterocycles. The minimum absolute atomic E-state index is 0.205. The first kappa shape index (κ1) is 9.46. The maximum absolute atomic E-state index is 11.4. The molecule has 1 aliphatic rings. The first-order valence-corrected chi connectivity index (χ1v) is 4.54. The van der Waals surface area contributed by atoms with Gasteiger partial charge in [0.25, 0.3) is 5.56 Å². The molecule has 0 aromatic carbocycles. The van der Waals surface area contributed by atoms with Crippen LogP contribution in [0, 0.1) is 11.3 Å². The van der Waals surface area contributed by atoms with E-state index in [0.29, 0.717) is 5.69 Å². The van der Waals surface area contributed by atoms with Crippen molar-refractivity contribution in [3.63, 3.8) is 0 Å². The van der Waals surface area contributed by atoms with Gasteiger partial charge in [-0.2, -0.15) is 5.26 Å². The lowest BCUT2D eigenvalue weighted by molar-refractivity contribution is 0.0696. The Labute approximate surface area is 85.0 Å². The molecular weight excluding hydrogens is 196 g/mol. The SMILES string of the molecule is N#Cc1c(C(=O)O)cc(C2CC2)[nH]c1=O. The number of carboxylic acid groups (broad SMARTS) is 1. The number of carbonyl (C=O) groups is 1. The molecule has 0 radical (unpaired) electrons. The maximum atomic E-state index is 11.4. The Morgan fingerprint density at radius 3 is 2.73 bits per heavy atom. The molecule has 1 fully saturated rings. The molecule has 0 saturated heterocycles. The number of nitrogens with one attached hydrogen (secondary N) is 1. The van der Waals surface area contributed by atoms with Crippen molar-refractivity contribution in [2.24, 2.45) is 0 Å². The van der Waals surface area contributed by atoms with Gasteiger partial charge in [0, 0.05) is 5.69 Å². The van der Waals surface area contributed by atoms with Gasteiger partial charge >= 0.3 is 5.97 Å². The standard InChI is InChI=1S/C10H8N2O3/c11-4-7-6(10(14)15)3-8(5-1-2-5)12-9(7)13/h3,5H,1-2H2,(H,12,13)(H,14,15). The van der Waals surface area contributed by atoms with E-state index in [-0.39, 0.29) is 17.0 Å². The maximum Gasteiger partial charge on any atom is 0.337 e. The fourth-order valence-electron chi connectivity index (χ4n) is 1.47. The molecule has 2 N–H and O–H groups in total. The zero-order valence-electron chi connectivity index (χ0n) is 7.78. The smallest absolute Gasteiger partial charge is 0.337 e. The highest BCUT2D eigenvalue weighted by molar-refractivity contribution is 5.90. The number of nitriles is 1. The van der Waals surface area contributed by atoms with Crippen molar-refractivity contribution < 1.29 is 9.90 Å². The Morgan fingerprint density at radius 1 is 1.60 bits per heavy atom. The number of pyridine rings is 1. The lowest BCUT2D eigenvalue weighted by atomic mass is 10.1. The van der Waals surface area contributed by atoms with Gasteiger partial charge < -0.3 is 10.1 Å². The van der Waals surface area contributed by atoms with Gasteiger partial charge in [-0.3, -0.25) is 4.79 Å². The molecule has 1 aliphatic carbocycles. The molecule has 1 heterocycles. The number of aromatic amines is 1. The molecular formula is C10H8N2O3. The third-order valence-corrected chi connectivity index (χ3v) is 2.41. The summed E-state index contributed by atoms with van der Waals surface area (Å²) in [4.78, 5) is 24.8. The van der Waals surface area contributed by atoms with Gasteiger partial charge in [0.05, 0.1) is 5.56 Å². The van der Waals surface area contributed by atoms with E-state index in [1.807, 2.05) is 0 Å². The zero-order valence-corrected chi connectivity index (χ0v) is 7.78. The number of carboxylic acids is 1. The third-order valence-electron chi connectivity index (χ3n) is 2.41. The van der Waals surface area contributed by atoms with Crippen LogP contribution in [-0.4, -0.2) is 16.1 Å². The van der Waals surface area contributed by atoms with Gasteiger partial charge in [0.1, 0.15) is 11.6 Å². The van der Waals surface area contributed by atoms with Crippen LogP contribution in [0.4, 0.5) is 0 Å². The normalized spacial score (nSPS) is 14.6. The Kier molecular flexibility index (Phi) is 2.05. The predicted octanol–water partition coefficient (Wildman–Crippen LogP) is 0.822. The summed E-state index contributed by atoms with van der Waals surface area (Å²) in [7, 11) is 0. The second-order valence-corrected chi connectivity index (χ2v) is 3.53. The average molecular weight is 204 g/mol. The number of aromatic carboxylic acids is 1. The lowest BCUT2D eigenvalue weighted by Crippen LogP contribution is -2.18. The van der Waals surface area contributed by atoms with E-state index in [0.717, 1.165) is 12.8 Å². The molecule has 5 heteroatoms. The summed E-state index contributed by atoms with van der Waals surface area (Å²) >= 11 is 0. The molecule has 0 unspecified atom stereocenters. The van der Waals surface area contributed by atoms with Crippen LogP contribution < -0.4 is 5.56 Å². The van der Waals surface area contributed by atoms with Crippen LogP contribution in [0.1, 0.15) is 40.4 Å². The van der Waals surface area contributed by atoms with Gasteiger partial charge in [-0.05, 0) is 24.8 Å². The number of hydrogen-bond donors (Lipinski definition) is 2. The minimum atomic E-state index is -1.24. The average Bonchev–Trinajstić information content (AvgIpc) is 2.99. The van der Waals surface area contributed by atoms with E-state index < -0.39 is 11.5 Å². The van der Waals surface area contributed by atoms with Crippen molar-refractivity contribution in [1.82, 2.24) is 4.98 Å². The van der Waals surface area contributed by atoms with Crippen molar-refractivity contribution in [3.8, 4) is 6.07 Å². The van der Waals surface area contributed by atoms with Gasteiger partial charge in [-0.1, -0.05) is 0 Å². The van der Waals surface area contributed by atoms with E-state index in [1.165, 1.54) is 6.07 Å². The minimum Gasteiger partial charge on any atom is -0.478 e. The number of H-pyrrole nitrogens is 1. The van der Waals surface area contributed by atoms with E-state index in [2.05, 4.69) is 4.98 Å². The van der Waals surface area contributed by atoms with E-state index in [4.69, 9.17) is 10.4 Å². The van der Waals surface area contributed by atoms with Crippen LogP contribution in [0.25, 0.3) is 0 Å². The number of aromatic nitrogens is 1. The summed E-state index contributed by atoms with van der Waals surface area (Å²) in [5, 5.41) is 17.5. The topological polar surface area (TPSA) is 93.9 Å². The molecule has 0 bridgehead atoms. The first-order chi connectivity index (χ1) is 7.13. The number of nitrogens with zero attached hydrogens (tertiary/aromatic N) is 1. The summed E-state index contributed by atoms with van der Waals surface area (Å²) < 4.78 is 0. The highest BCUT2D eigenvalue weighted by Crippen LogP contribution is 2.38. The molecule has 0 aliphatic heterocycles. The van der Waals surface area contributed by atoms with E-state index in [9.17, 15) is 9.59 Å². The number of rotatable bonds is 2. The third kappa shape index (κ3) is 1.62. The fourth-order valence-corrected chi connectivity index (χ4v) is 1.47. The fraction of sp³-hybridized carbons (Fsp3) is 0.300. The van der Waals surface area contributed by atoms with Crippen LogP contribution in [0.2, 0.25) is 0 Å². The highest BCUT2D eigenvalue weighted by atomic mass is 16.4. The molecule has 0 spiro atoms. The first-order valence-electron chi connectivity index (χ1n) is 4.54. The van der Waals surface area contributed by atoms with Crippen LogP contribution in [0.3, 0.4) is 0 Å². The Morgan fingerprint density at radius 2 is 2.27 bits per heavy atom. The largest absolute Gasteiger partial charge is 0.478 e. The van der Waals surface area contributed by atoms with Crippen molar-refractivity contribution in [1.29, 1.82) is 5.26 Å². The van der Waals surface area contributed by atoms with Gasteiger partial charge in [0.15, 0.2) is 0 Å². The molecule has 5 nitrogen and oxygen atoms in total. The summed E-state index contributed by atoms with van der Waals surface area (Å²) in [6.45, 7) is 0. The second kappa shape index (κ2) is 3.24. The van der Waals surface area contributed by atoms with Crippen molar-refractivity contribution >= 4 is 5.97 Å². The molecule has 0 amide bonds. The molecule has 0 atom stereocenters. The predicted molar refractivity (Wildman–Crippen MR) is 50.7 cm³/mol. The van der Waals surface area contributed by atoms with Gasteiger partial charge in [-0.25, -0.2) is 4.79 Å². The monoisotopic (exact) mass is 204 g/mol. The lowest BCUT2D eigenvalue weighted by Gasteiger charge is -2.01. The van der Waals surface area contributed by atoms with Crippen LogP contribution in [0.5, 0.6) is 0 Å². The molecule has 1 aromatic rings. The highest BCUT2D eigenvalue weighted by Gasteiger charge is 2.27. The van der Waals surface area contributed by atoms with Crippen LogP contribution in [0.15, 0.2) is 10.9 Å². The molecule has 15 heavy (non-hydrogen) atoms. The van der Waals surface area contributed by atoms with Crippen LogP contribution in [-0.2, 0) is 0 Å². The summed E-state index contributed by atoms with van der Waals surface area (Å²) in [6.07, 6.45) is 1.92. The molecule has 2 rings (SSSR count). The summed E-state index contributed by atoms with van der Waals surface area (Å²) in [5.41, 5.74) is -0.522. The van der Waals surface area contributed by atoms with Gasteiger partial charge in [-0.15, -0.1) is 0 Å². The van der Waals surface area contributed by atoms with Crippen molar-refractivity contribution in [3.05, 3.63) is 33.2 Å². The van der Waals surface area contributed by atoms with E-state index >= 15 is 0 Å². The quantitative estimate of drug-likeness (QED) is 0.745. The molecule has 76 valence electrons. The summed E-state index contributed by atoms with van der Waals surface area (Å²) in [6, 6.07) is 3.00. The Bertz CT molecular complexity index is 520. The van der Waals surface area contributed by atoms with E-state index in [1.54, 1.807) is 6.07 Å². The zero-order chi connectivity index (χ0) is 11.0. The Hall–Kier alpha value is -2.09. The van der Waals surface area contributed by atoms with Crippen LogP contribution >= 0.6 is 0 Å². The van der Waals surface area contributed by atoms with Gasteiger partial charge in [0.2, 0.25) is 0 Å². The van der Waals surface area contributed by atoms with Crippen molar-refractivity contribution in [2.45, 2.75) is 18.8 Å². The molecule has 1 saturated carbocycles. The second-order valence-electron chi connectivity index (χ2n) is 3.53. The Balaban J connectivity index is 2.64. The summed E-state index contributed by atoms with van der Waals surface area (Å²) in [5.74, 6) is -0.983.